The van der Waals surface area contributed by atoms with Crippen molar-refractivity contribution in [2.75, 3.05) is 13.1 Å². The first kappa shape index (κ1) is 14.8. The van der Waals surface area contributed by atoms with E-state index in [2.05, 4.69) is 75.4 Å². The summed E-state index contributed by atoms with van der Waals surface area (Å²) in [6, 6.07) is 19.1. The number of benzene rings is 2. The second kappa shape index (κ2) is 6.30. The summed E-state index contributed by atoms with van der Waals surface area (Å²) in [6.07, 6.45) is 2.20. The second-order valence-electron chi connectivity index (χ2n) is 5.97. The molecule has 1 unspecified atom stereocenters. The van der Waals surface area contributed by atoms with Crippen molar-refractivity contribution >= 4 is 15.9 Å². The van der Waals surface area contributed by atoms with Crippen molar-refractivity contribution in [2.24, 2.45) is 5.73 Å². The number of hydrogen-bond acceptors (Lipinski definition) is 2. The minimum Gasteiger partial charge on any atom is -0.320 e. The molecular weight excluding hydrogens is 324 g/mol. The normalized spacial score (nSPS) is 23.1. The van der Waals surface area contributed by atoms with Crippen molar-refractivity contribution in [1.29, 1.82) is 0 Å². The molecule has 0 saturated carbocycles. The minimum atomic E-state index is -0.239. The second-order valence-corrected chi connectivity index (χ2v) is 6.88. The van der Waals surface area contributed by atoms with Gasteiger partial charge in [0.25, 0.3) is 0 Å². The van der Waals surface area contributed by atoms with E-state index in [1.54, 1.807) is 0 Å². The van der Waals surface area contributed by atoms with Crippen LogP contribution in [0.3, 0.4) is 0 Å². The van der Waals surface area contributed by atoms with Gasteiger partial charge in [-0.2, -0.15) is 0 Å². The Kier molecular flexibility index (Phi) is 4.43. The Hall–Kier alpha value is -1.16. The van der Waals surface area contributed by atoms with Crippen molar-refractivity contribution in [3.63, 3.8) is 0 Å². The van der Waals surface area contributed by atoms with E-state index in [9.17, 15) is 0 Å². The standard InChI is InChI=1S/C18H21BrN2/c19-17-9-4-8-16(12-17)18(20)10-5-11-21(14-18)13-15-6-2-1-3-7-15/h1-4,6-9,12H,5,10-11,13-14,20H2. The molecule has 1 fully saturated rings. The lowest BCUT2D eigenvalue weighted by Gasteiger charge is -2.41. The predicted molar refractivity (Wildman–Crippen MR) is 91.0 cm³/mol. The van der Waals surface area contributed by atoms with Gasteiger partial charge < -0.3 is 5.73 Å². The average Bonchev–Trinajstić information content (AvgIpc) is 2.48. The molecular formula is C18H21BrN2. The predicted octanol–water partition coefficient (Wildman–Crippen LogP) is 3.90. The minimum absolute atomic E-state index is 0.239. The monoisotopic (exact) mass is 344 g/mol. The number of rotatable bonds is 3. The van der Waals surface area contributed by atoms with Crippen LogP contribution < -0.4 is 5.73 Å². The molecule has 0 radical (unpaired) electrons. The van der Waals surface area contributed by atoms with Gasteiger partial charge in [0.15, 0.2) is 0 Å². The molecule has 2 aromatic rings. The van der Waals surface area contributed by atoms with Gasteiger partial charge in [0, 0.05) is 17.6 Å². The zero-order valence-electron chi connectivity index (χ0n) is 12.1. The summed E-state index contributed by atoms with van der Waals surface area (Å²) in [4.78, 5) is 2.47. The van der Waals surface area contributed by atoms with Crippen LogP contribution in [-0.2, 0) is 12.1 Å². The van der Waals surface area contributed by atoms with Crippen LogP contribution in [0.2, 0.25) is 0 Å². The summed E-state index contributed by atoms with van der Waals surface area (Å²) in [5, 5.41) is 0. The van der Waals surface area contributed by atoms with Crippen molar-refractivity contribution < 1.29 is 0 Å². The van der Waals surface area contributed by atoms with Crippen LogP contribution in [0.4, 0.5) is 0 Å². The number of nitrogens with zero attached hydrogens (tertiary/aromatic N) is 1. The Bertz CT molecular complexity index is 599. The molecule has 3 heteroatoms. The first-order valence-corrected chi connectivity index (χ1v) is 8.26. The SMILES string of the molecule is NC1(c2cccc(Br)c2)CCCN(Cc2ccccc2)C1. The topological polar surface area (TPSA) is 29.3 Å². The Morgan fingerprint density at radius 1 is 1.10 bits per heavy atom. The van der Waals surface area contributed by atoms with Crippen LogP contribution in [0, 0.1) is 0 Å². The van der Waals surface area contributed by atoms with Gasteiger partial charge in [-0.15, -0.1) is 0 Å². The zero-order valence-corrected chi connectivity index (χ0v) is 13.7. The summed E-state index contributed by atoms with van der Waals surface area (Å²) < 4.78 is 1.10. The molecule has 1 aliphatic rings. The molecule has 1 saturated heterocycles. The van der Waals surface area contributed by atoms with Gasteiger partial charge >= 0.3 is 0 Å². The molecule has 110 valence electrons. The number of nitrogens with two attached hydrogens (primary N) is 1. The zero-order chi connectivity index (χ0) is 14.7. The quantitative estimate of drug-likeness (QED) is 0.914. The van der Waals surface area contributed by atoms with Gasteiger partial charge in [-0.25, -0.2) is 0 Å². The fourth-order valence-corrected chi connectivity index (χ4v) is 3.58. The molecule has 0 aromatic heterocycles. The largest absolute Gasteiger partial charge is 0.320 e. The fourth-order valence-electron chi connectivity index (χ4n) is 3.19. The third-order valence-electron chi connectivity index (χ3n) is 4.25. The van der Waals surface area contributed by atoms with Gasteiger partial charge in [-0.05, 0) is 42.6 Å². The van der Waals surface area contributed by atoms with E-state index >= 15 is 0 Å². The van der Waals surface area contributed by atoms with E-state index in [4.69, 9.17) is 5.73 Å². The van der Waals surface area contributed by atoms with E-state index in [-0.39, 0.29) is 5.54 Å². The van der Waals surface area contributed by atoms with Crippen LogP contribution >= 0.6 is 15.9 Å². The Labute approximate surface area is 135 Å². The average molecular weight is 345 g/mol. The fraction of sp³-hybridized carbons (Fsp3) is 0.333. The number of hydrogen-bond donors (Lipinski definition) is 1. The third kappa shape index (κ3) is 3.54. The van der Waals surface area contributed by atoms with Gasteiger partial charge in [0.1, 0.15) is 0 Å². The van der Waals surface area contributed by atoms with Crippen LogP contribution in [0.15, 0.2) is 59.1 Å². The van der Waals surface area contributed by atoms with Crippen LogP contribution in [0.1, 0.15) is 24.0 Å². The van der Waals surface area contributed by atoms with E-state index in [1.165, 1.54) is 11.1 Å². The van der Waals surface area contributed by atoms with Crippen LogP contribution in [0.5, 0.6) is 0 Å². The lowest BCUT2D eigenvalue weighted by atomic mass is 9.83. The van der Waals surface area contributed by atoms with Crippen LogP contribution in [-0.4, -0.2) is 18.0 Å². The summed E-state index contributed by atoms with van der Waals surface area (Å²) in [6.45, 7) is 3.02. The molecule has 2 aromatic carbocycles. The first-order chi connectivity index (χ1) is 10.2. The summed E-state index contributed by atoms with van der Waals surface area (Å²) in [5.41, 5.74) is 9.08. The summed E-state index contributed by atoms with van der Waals surface area (Å²) in [7, 11) is 0. The maximum Gasteiger partial charge on any atom is 0.0539 e. The molecule has 0 amide bonds. The van der Waals surface area contributed by atoms with Gasteiger partial charge in [0.05, 0.1) is 5.54 Å². The highest BCUT2D eigenvalue weighted by molar-refractivity contribution is 9.10. The molecule has 0 bridgehead atoms. The van der Waals surface area contributed by atoms with Crippen molar-refractivity contribution in [2.45, 2.75) is 24.9 Å². The van der Waals surface area contributed by atoms with Gasteiger partial charge in [-0.1, -0.05) is 58.4 Å². The lowest BCUT2D eigenvalue weighted by Crippen LogP contribution is -2.51. The smallest absolute Gasteiger partial charge is 0.0539 e. The molecule has 1 aliphatic heterocycles. The van der Waals surface area contributed by atoms with E-state index in [0.29, 0.717) is 0 Å². The van der Waals surface area contributed by atoms with Crippen LogP contribution in [0.25, 0.3) is 0 Å². The molecule has 3 rings (SSSR count). The Morgan fingerprint density at radius 3 is 2.67 bits per heavy atom. The highest BCUT2D eigenvalue weighted by Gasteiger charge is 2.33. The maximum atomic E-state index is 6.73. The molecule has 0 spiro atoms. The maximum absolute atomic E-state index is 6.73. The lowest BCUT2D eigenvalue weighted by molar-refractivity contribution is 0.142. The highest BCUT2D eigenvalue weighted by atomic mass is 79.9. The number of likely N-dealkylation sites (tertiary alicyclic amines) is 1. The molecule has 1 atom stereocenters. The van der Waals surface area contributed by atoms with Gasteiger partial charge in [-0.3, -0.25) is 4.90 Å². The van der Waals surface area contributed by atoms with E-state index in [0.717, 1.165) is 36.9 Å². The van der Waals surface area contributed by atoms with Crippen molar-refractivity contribution in [3.8, 4) is 0 Å². The summed E-state index contributed by atoms with van der Waals surface area (Å²) >= 11 is 3.55. The highest BCUT2D eigenvalue weighted by Crippen LogP contribution is 2.31. The van der Waals surface area contributed by atoms with Crippen molar-refractivity contribution in [1.82, 2.24) is 4.90 Å². The van der Waals surface area contributed by atoms with Crippen molar-refractivity contribution in [3.05, 3.63) is 70.2 Å². The third-order valence-corrected chi connectivity index (χ3v) is 4.74. The van der Waals surface area contributed by atoms with E-state index in [1.807, 2.05) is 0 Å². The van der Waals surface area contributed by atoms with E-state index < -0.39 is 0 Å². The Morgan fingerprint density at radius 2 is 1.90 bits per heavy atom. The molecule has 1 heterocycles. The molecule has 21 heavy (non-hydrogen) atoms. The first-order valence-electron chi connectivity index (χ1n) is 7.47. The number of piperidine rings is 1. The molecule has 2 N–H and O–H groups in total. The molecule has 2 nitrogen and oxygen atoms in total. The number of halogens is 1. The van der Waals surface area contributed by atoms with Gasteiger partial charge in [0.2, 0.25) is 0 Å². The summed E-state index contributed by atoms with van der Waals surface area (Å²) in [5.74, 6) is 0. The molecule has 0 aliphatic carbocycles. The Balaban J connectivity index is 1.76.